The van der Waals surface area contributed by atoms with Gasteiger partial charge in [-0.3, -0.25) is 4.90 Å². The highest BCUT2D eigenvalue weighted by molar-refractivity contribution is 5.53. The first-order valence-corrected chi connectivity index (χ1v) is 8.31. The van der Waals surface area contributed by atoms with Crippen molar-refractivity contribution in [3.63, 3.8) is 0 Å². The van der Waals surface area contributed by atoms with Crippen LogP contribution in [0.2, 0.25) is 0 Å². The zero-order valence-corrected chi connectivity index (χ0v) is 13.3. The highest BCUT2D eigenvalue weighted by Crippen LogP contribution is 2.29. The Morgan fingerprint density at radius 3 is 3.04 bits per heavy atom. The third-order valence-electron chi connectivity index (χ3n) is 4.79. The molecule has 5 nitrogen and oxygen atoms in total. The predicted molar refractivity (Wildman–Crippen MR) is 82.0 cm³/mol. The number of likely N-dealkylation sites (tertiary alicyclic amines) is 1. The molecule has 24 heavy (non-hydrogen) atoms. The second-order valence-electron chi connectivity index (χ2n) is 6.48. The molecule has 2 atom stereocenters. The van der Waals surface area contributed by atoms with Crippen LogP contribution in [0.5, 0.6) is 0 Å². The van der Waals surface area contributed by atoms with Crippen molar-refractivity contribution in [3.05, 3.63) is 35.7 Å². The first-order chi connectivity index (χ1) is 11.7. The molecule has 0 aliphatic carbocycles. The van der Waals surface area contributed by atoms with Gasteiger partial charge in [0.1, 0.15) is 11.6 Å². The van der Waals surface area contributed by atoms with Gasteiger partial charge in [0, 0.05) is 25.8 Å². The largest absolute Gasteiger partial charge is 0.378 e. The molecule has 1 aromatic carbocycles. The molecule has 1 aromatic heterocycles. The zero-order chi connectivity index (χ0) is 16.5. The van der Waals surface area contributed by atoms with E-state index in [-0.39, 0.29) is 11.5 Å². The molecule has 0 N–H and O–H groups in total. The van der Waals surface area contributed by atoms with Crippen LogP contribution in [-0.4, -0.2) is 40.8 Å². The highest BCUT2D eigenvalue weighted by Gasteiger charge is 2.32. The molecule has 0 amide bonds. The lowest BCUT2D eigenvalue weighted by Crippen LogP contribution is -2.45. The Balaban J connectivity index is 1.44. The maximum Gasteiger partial charge on any atom is 0.260 e. The van der Waals surface area contributed by atoms with Gasteiger partial charge in [0.15, 0.2) is 5.82 Å². The van der Waals surface area contributed by atoms with Crippen LogP contribution in [0.15, 0.2) is 22.7 Å². The van der Waals surface area contributed by atoms with E-state index in [4.69, 9.17) is 9.26 Å². The van der Waals surface area contributed by atoms with E-state index in [2.05, 4.69) is 15.0 Å². The van der Waals surface area contributed by atoms with Gasteiger partial charge in [-0.1, -0.05) is 5.16 Å². The monoisotopic (exact) mass is 335 g/mol. The summed E-state index contributed by atoms with van der Waals surface area (Å²) in [6.07, 6.45) is 3.70. The molecule has 4 rings (SSSR count). The molecule has 2 aliphatic heterocycles. The summed E-state index contributed by atoms with van der Waals surface area (Å²) in [5, 5.41) is 3.93. The molecule has 2 unspecified atom stereocenters. The molecule has 2 saturated heterocycles. The van der Waals surface area contributed by atoms with Crippen molar-refractivity contribution in [1.29, 1.82) is 0 Å². The number of benzene rings is 1. The SMILES string of the molecule is Fc1ccc(-c2nc(CN3CCC4OCCCC4C3)no2)c(F)c1. The summed E-state index contributed by atoms with van der Waals surface area (Å²) in [6.45, 7) is 3.32. The van der Waals surface area contributed by atoms with E-state index >= 15 is 0 Å². The van der Waals surface area contributed by atoms with Gasteiger partial charge < -0.3 is 9.26 Å². The summed E-state index contributed by atoms with van der Waals surface area (Å²) >= 11 is 0. The normalized spacial score (nSPS) is 24.8. The van der Waals surface area contributed by atoms with Crippen LogP contribution in [0.25, 0.3) is 11.5 Å². The van der Waals surface area contributed by atoms with Crippen molar-refractivity contribution in [2.45, 2.75) is 31.9 Å². The molecular formula is C17H19F2N3O2. The van der Waals surface area contributed by atoms with Crippen LogP contribution in [0.3, 0.4) is 0 Å². The fourth-order valence-corrected chi connectivity index (χ4v) is 3.60. The lowest BCUT2D eigenvalue weighted by Gasteiger charge is -2.40. The van der Waals surface area contributed by atoms with Crippen molar-refractivity contribution < 1.29 is 18.0 Å². The van der Waals surface area contributed by atoms with Crippen LogP contribution in [0.4, 0.5) is 8.78 Å². The minimum Gasteiger partial charge on any atom is -0.378 e. The lowest BCUT2D eigenvalue weighted by molar-refractivity contribution is -0.0680. The predicted octanol–water partition coefficient (Wildman–Crippen LogP) is 3.02. The Labute approximate surface area is 138 Å². The highest BCUT2D eigenvalue weighted by atomic mass is 19.1. The first kappa shape index (κ1) is 15.7. The number of hydrogen-bond donors (Lipinski definition) is 0. The van der Waals surface area contributed by atoms with E-state index in [9.17, 15) is 8.78 Å². The molecule has 2 aromatic rings. The van der Waals surface area contributed by atoms with Gasteiger partial charge in [-0.05, 0) is 37.3 Å². The van der Waals surface area contributed by atoms with E-state index in [0.717, 1.165) is 38.6 Å². The molecule has 2 aliphatic rings. The van der Waals surface area contributed by atoms with Gasteiger partial charge in [-0.15, -0.1) is 0 Å². The average molecular weight is 335 g/mol. The fraction of sp³-hybridized carbons (Fsp3) is 0.529. The number of piperidine rings is 1. The maximum atomic E-state index is 13.8. The summed E-state index contributed by atoms with van der Waals surface area (Å²) < 4.78 is 37.7. The summed E-state index contributed by atoms with van der Waals surface area (Å²) in [5.41, 5.74) is 0.120. The average Bonchev–Trinajstić information content (AvgIpc) is 3.03. The summed E-state index contributed by atoms with van der Waals surface area (Å²) in [7, 11) is 0. The van der Waals surface area contributed by atoms with Gasteiger partial charge in [0.05, 0.1) is 18.2 Å². The smallest absolute Gasteiger partial charge is 0.260 e. The van der Waals surface area contributed by atoms with E-state index in [0.29, 0.717) is 24.4 Å². The number of aromatic nitrogens is 2. The summed E-state index contributed by atoms with van der Waals surface area (Å²) in [4.78, 5) is 6.54. The van der Waals surface area contributed by atoms with Gasteiger partial charge in [0.2, 0.25) is 0 Å². The molecule has 2 fully saturated rings. The number of hydrogen-bond acceptors (Lipinski definition) is 5. The number of fused-ring (bicyclic) bond motifs is 1. The number of rotatable bonds is 3. The third-order valence-corrected chi connectivity index (χ3v) is 4.79. The van der Waals surface area contributed by atoms with Crippen LogP contribution >= 0.6 is 0 Å². The molecule has 0 saturated carbocycles. The maximum absolute atomic E-state index is 13.8. The standard InChI is InChI=1S/C17H19F2N3O2/c18-12-3-4-13(14(19)8-12)17-20-16(21-24-17)10-22-6-5-15-11(9-22)2-1-7-23-15/h3-4,8,11,15H,1-2,5-7,9-10H2. The van der Waals surface area contributed by atoms with E-state index in [1.807, 2.05) is 0 Å². The van der Waals surface area contributed by atoms with Crippen LogP contribution in [-0.2, 0) is 11.3 Å². The van der Waals surface area contributed by atoms with E-state index < -0.39 is 11.6 Å². The zero-order valence-electron chi connectivity index (χ0n) is 13.3. The number of nitrogens with zero attached hydrogens (tertiary/aromatic N) is 3. The molecule has 0 spiro atoms. The topological polar surface area (TPSA) is 51.4 Å². The second-order valence-corrected chi connectivity index (χ2v) is 6.48. The van der Waals surface area contributed by atoms with Gasteiger partial charge in [-0.25, -0.2) is 8.78 Å². The van der Waals surface area contributed by atoms with Crippen molar-refractivity contribution in [2.75, 3.05) is 19.7 Å². The Hall–Kier alpha value is -1.86. The summed E-state index contributed by atoms with van der Waals surface area (Å²) in [5.74, 6) is -0.172. The third kappa shape index (κ3) is 3.18. The Morgan fingerprint density at radius 1 is 1.25 bits per heavy atom. The van der Waals surface area contributed by atoms with Crippen LogP contribution in [0, 0.1) is 17.6 Å². The number of halogens is 2. The van der Waals surface area contributed by atoms with Crippen LogP contribution < -0.4 is 0 Å². The van der Waals surface area contributed by atoms with E-state index in [1.54, 1.807) is 0 Å². The summed E-state index contributed by atoms with van der Waals surface area (Å²) in [6, 6.07) is 3.30. The minimum atomic E-state index is -0.703. The molecule has 7 heteroatoms. The lowest BCUT2D eigenvalue weighted by atomic mass is 9.88. The number of ether oxygens (including phenoxy) is 1. The Bertz CT molecular complexity index is 722. The van der Waals surface area contributed by atoms with Crippen molar-refractivity contribution in [1.82, 2.24) is 15.0 Å². The van der Waals surface area contributed by atoms with Crippen molar-refractivity contribution in [3.8, 4) is 11.5 Å². The molecule has 3 heterocycles. The Morgan fingerprint density at radius 2 is 2.17 bits per heavy atom. The Kier molecular flexibility index (Phi) is 4.28. The molecule has 0 bridgehead atoms. The van der Waals surface area contributed by atoms with Gasteiger partial charge in [0.25, 0.3) is 5.89 Å². The van der Waals surface area contributed by atoms with Crippen molar-refractivity contribution in [2.24, 2.45) is 5.92 Å². The molecule has 0 radical (unpaired) electrons. The van der Waals surface area contributed by atoms with Crippen LogP contribution in [0.1, 0.15) is 25.1 Å². The molecular weight excluding hydrogens is 316 g/mol. The van der Waals surface area contributed by atoms with Gasteiger partial charge >= 0.3 is 0 Å². The quantitative estimate of drug-likeness (QED) is 0.863. The first-order valence-electron chi connectivity index (χ1n) is 8.31. The molecule has 128 valence electrons. The van der Waals surface area contributed by atoms with Gasteiger partial charge in [-0.2, -0.15) is 4.98 Å². The van der Waals surface area contributed by atoms with Crippen molar-refractivity contribution >= 4 is 0 Å². The minimum absolute atomic E-state index is 0.0818. The second kappa shape index (κ2) is 6.57. The van der Waals surface area contributed by atoms with E-state index in [1.165, 1.54) is 18.6 Å². The fourth-order valence-electron chi connectivity index (χ4n) is 3.60.